The third kappa shape index (κ3) is 3.46. The molecule has 4 heteroatoms. The number of H-pyrrole nitrogens is 1. The fraction of sp³-hybridized carbons (Fsp3) is 0.276. The standard InChI is InChI=1S/C29H29N3O/c1-18(19-7-4-3-5-8-19)30-27-10-6-9-24-25-16-21(12-14-26(25)31-28(24)27)20-11-13-23-22(15-20)17-32(2)29(23)33/h3-5,7-8,11-16,18,27,30-31H,6,9-10,17H2,1-2H3/t18-,27-/m1/s1. The summed E-state index contributed by atoms with van der Waals surface area (Å²) in [5.41, 5.74) is 9.67. The zero-order valence-corrected chi connectivity index (χ0v) is 19.2. The number of fused-ring (bicyclic) bond motifs is 4. The van der Waals surface area contributed by atoms with Crippen molar-refractivity contribution in [2.45, 2.75) is 44.8 Å². The van der Waals surface area contributed by atoms with E-state index in [0.717, 1.165) is 24.0 Å². The molecule has 1 amide bonds. The van der Waals surface area contributed by atoms with Gasteiger partial charge in [-0.3, -0.25) is 4.79 Å². The van der Waals surface area contributed by atoms with Gasteiger partial charge in [-0.25, -0.2) is 0 Å². The van der Waals surface area contributed by atoms with E-state index in [-0.39, 0.29) is 5.91 Å². The minimum atomic E-state index is 0.120. The predicted molar refractivity (Wildman–Crippen MR) is 133 cm³/mol. The largest absolute Gasteiger partial charge is 0.357 e. The summed E-state index contributed by atoms with van der Waals surface area (Å²) in [7, 11) is 1.86. The Kier molecular flexibility index (Phi) is 4.84. The second kappa shape index (κ2) is 7.89. The molecule has 4 nitrogen and oxygen atoms in total. The summed E-state index contributed by atoms with van der Waals surface area (Å²) in [5.74, 6) is 0.120. The molecule has 1 aliphatic heterocycles. The first kappa shape index (κ1) is 20.3. The molecular formula is C29H29N3O. The van der Waals surface area contributed by atoms with Crippen LogP contribution >= 0.6 is 0 Å². The fourth-order valence-corrected chi connectivity index (χ4v) is 5.59. The van der Waals surface area contributed by atoms with Crippen LogP contribution in [0.4, 0.5) is 0 Å². The van der Waals surface area contributed by atoms with Crippen LogP contribution in [0, 0.1) is 0 Å². The van der Waals surface area contributed by atoms with E-state index >= 15 is 0 Å². The first-order valence-electron chi connectivity index (χ1n) is 11.9. The highest BCUT2D eigenvalue weighted by Gasteiger charge is 2.27. The third-order valence-corrected chi connectivity index (χ3v) is 7.38. The first-order chi connectivity index (χ1) is 16.1. The van der Waals surface area contributed by atoms with Gasteiger partial charge < -0.3 is 15.2 Å². The van der Waals surface area contributed by atoms with Gasteiger partial charge in [0.2, 0.25) is 0 Å². The molecule has 6 rings (SSSR count). The van der Waals surface area contributed by atoms with Crippen molar-refractivity contribution >= 4 is 16.8 Å². The molecule has 33 heavy (non-hydrogen) atoms. The van der Waals surface area contributed by atoms with Crippen LogP contribution < -0.4 is 5.32 Å². The second-order valence-electron chi connectivity index (χ2n) is 9.55. The molecule has 0 fully saturated rings. The SMILES string of the molecule is C[C@@H](N[C@@H]1CCCc2c1[nH]c1ccc(-c3ccc4c(c3)CN(C)C4=O)cc21)c1ccccc1. The van der Waals surface area contributed by atoms with E-state index in [1.54, 1.807) is 4.90 Å². The number of benzene rings is 3. The van der Waals surface area contributed by atoms with Crippen molar-refractivity contribution in [1.29, 1.82) is 0 Å². The minimum Gasteiger partial charge on any atom is -0.357 e. The number of amides is 1. The molecule has 166 valence electrons. The Hall–Kier alpha value is -3.37. The van der Waals surface area contributed by atoms with Gasteiger partial charge in [0, 0.05) is 47.8 Å². The number of aromatic amines is 1. The van der Waals surface area contributed by atoms with Crippen LogP contribution in [-0.4, -0.2) is 22.8 Å². The maximum Gasteiger partial charge on any atom is 0.254 e. The summed E-state index contributed by atoms with van der Waals surface area (Å²) in [6.07, 6.45) is 3.45. The lowest BCUT2D eigenvalue weighted by Crippen LogP contribution is -2.27. The Morgan fingerprint density at radius 3 is 2.67 bits per heavy atom. The lowest BCUT2D eigenvalue weighted by Gasteiger charge is -2.27. The third-order valence-electron chi connectivity index (χ3n) is 7.38. The van der Waals surface area contributed by atoms with E-state index in [4.69, 9.17) is 0 Å². The normalized spacial score (nSPS) is 18.4. The molecule has 4 aromatic rings. The van der Waals surface area contributed by atoms with E-state index in [2.05, 4.69) is 77.9 Å². The summed E-state index contributed by atoms with van der Waals surface area (Å²) in [6.45, 7) is 2.94. The average Bonchev–Trinajstić information content (AvgIpc) is 3.36. The number of rotatable bonds is 4. The van der Waals surface area contributed by atoms with Crippen molar-refractivity contribution in [1.82, 2.24) is 15.2 Å². The van der Waals surface area contributed by atoms with E-state index in [1.807, 2.05) is 13.1 Å². The van der Waals surface area contributed by atoms with Gasteiger partial charge in [0.25, 0.3) is 5.91 Å². The van der Waals surface area contributed by atoms with Crippen molar-refractivity contribution in [3.8, 4) is 11.1 Å². The van der Waals surface area contributed by atoms with Crippen LogP contribution in [0.25, 0.3) is 22.0 Å². The van der Waals surface area contributed by atoms with E-state index < -0.39 is 0 Å². The maximum atomic E-state index is 12.3. The molecule has 2 N–H and O–H groups in total. The van der Waals surface area contributed by atoms with Gasteiger partial charge in [-0.2, -0.15) is 0 Å². The molecule has 0 radical (unpaired) electrons. The Balaban J connectivity index is 1.34. The maximum absolute atomic E-state index is 12.3. The summed E-state index contributed by atoms with van der Waals surface area (Å²) in [5, 5.41) is 5.20. The highest BCUT2D eigenvalue weighted by Crippen LogP contribution is 2.38. The van der Waals surface area contributed by atoms with Crippen molar-refractivity contribution in [2.24, 2.45) is 0 Å². The molecule has 0 saturated heterocycles. The summed E-state index contributed by atoms with van der Waals surface area (Å²) in [4.78, 5) is 17.8. The molecule has 3 aromatic carbocycles. The Bertz CT molecular complexity index is 1350. The number of aryl methyl sites for hydroxylation is 1. The molecule has 2 atom stereocenters. The number of hydrogen-bond donors (Lipinski definition) is 2. The van der Waals surface area contributed by atoms with Crippen LogP contribution in [0.2, 0.25) is 0 Å². The topological polar surface area (TPSA) is 48.1 Å². The van der Waals surface area contributed by atoms with Crippen molar-refractivity contribution in [3.05, 3.63) is 94.7 Å². The number of aromatic nitrogens is 1. The van der Waals surface area contributed by atoms with E-state index in [1.165, 1.54) is 45.3 Å². The van der Waals surface area contributed by atoms with Crippen LogP contribution in [-0.2, 0) is 13.0 Å². The van der Waals surface area contributed by atoms with Gasteiger partial charge in [0.15, 0.2) is 0 Å². The predicted octanol–water partition coefficient (Wildman–Crippen LogP) is 6.15. The van der Waals surface area contributed by atoms with Crippen LogP contribution in [0.15, 0.2) is 66.7 Å². The Morgan fingerprint density at radius 1 is 1.03 bits per heavy atom. The van der Waals surface area contributed by atoms with Gasteiger partial charge in [0.1, 0.15) is 0 Å². The number of carbonyl (C=O) groups is 1. The Labute approximate surface area is 194 Å². The van der Waals surface area contributed by atoms with Crippen LogP contribution in [0.1, 0.15) is 64.6 Å². The molecule has 0 bridgehead atoms. The molecule has 2 heterocycles. The lowest BCUT2D eigenvalue weighted by molar-refractivity contribution is 0.0816. The lowest BCUT2D eigenvalue weighted by atomic mass is 9.90. The van der Waals surface area contributed by atoms with Crippen molar-refractivity contribution in [3.63, 3.8) is 0 Å². The van der Waals surface area contributed by atoms with Gasteiger partial charge in [-0.05, 0) is 78.3 Å². The van der Waals surface area contributed by atoms with Gasteiger partial charge in [-0.15, -0.1) is 0 Å². The number of nitrogens with one attached hydrogen (secondary N) is 2. The molecule has 0 spiro atoms. The van der Waals surface area contributed by atoms with Crippen molar-refractivity contribution < 1.29 is 4.79 Å². The number of hydrogen-bond acceptors (Lipinski definition) is 2. The minimum absolute atomic E-state index is 0.120. The molecular weight excluding hydrogens is 406 g/mol. The zero-order valence-electron chi connectivity index (χ0n) is 19.2. The first-order valence-corrected chi connectivity index (χ1v) is 11.9. The average molecular weight is 436 g/mol. The molecule has 0 saturated carbocycles. The quantitative estimate of drug-likeness (QED) is 0.404. The highest BCUT2D eigenvalue weighted by molar-refractivity contribution is 5.99. The van der Waals surface area contributed by atoms with Crippen molar-refractivity contribution in [2.75, 3.05) is 7.05 Å². The van der Waals surface area contributed by atoms with Gasteiger partial charge in [0.05, 0.1) is 0 Å². The monoisotopic (exact) mass is 435 g/mol. The summed E-state index contributed by atoms with van der Waals surface area (Å²) >= 11 is 0. The molecule has 0 unspecified atom stereocenters. The summed E-state index contributed by atoms with van der Waals surface area (Å²) < 4.78 is 0. The smallest absolute Gasteiger partial charge is 0.254 e. The fourth-order valence-electron chi connectivity index (χ4n) is 5.59. The Morgan fingerprint density at radius 2 is 1.82 bits per heavy atom. The molecule has 2 aliphatic rings. The van der Waals surface area contributed by atoms with E-state index in [0.29, 0.717) is 18.6 Å². The number of nitrogens with zero attached hydrogens (tertiary/aromatic N) is 1. The molecule has 1 aromatic heterocycles. The second-order valence-corrected chi connectivity index (χ2v) is 9.55. The van der Waals surface area contributed by atoms with Gasteiger partial charge >= 0.3 is 0 Å². The number of carbonyl (C=O) groups excluding carboxylic acids is 1. The van der Waals surface area contributed by atoms with Crippen LogP contribution in [0.5, 0.6) is 0 Å². The molecule has 1 aliphatic carbocycles. The summed E-state index contributed by atoms with van der Waals surface area (Å²) in [6, 6.07) is 24.3. The van der Waals surface area contributed by atoms with Crippen LogP contribution in [0.3, 0.4) is 0 Å². The highest BCUT2D eigenvalue weighted by atomic mass is 16.2. The van der Waals surface area contributed by atoms with E-state index in [9.17, 15) is 4.79 Å². The van der Waals surface area contributed by atoms with Gasteiger partial charge in [-0.1, -0.05) is 42.5 Å². The zero-order chi connectivity index (χ0) is 22.5.